The third-order valence-electron chi connectivity index (χ3n) is 4.75. The minimum absolute atomic E-state index is 0.0461. The predicted octanol–water partition coefficient (Wildman–Crippen LogP) is 6.01. The van der Waals surface area contributed by atoms with Gasteiger partial charge in [0.15, 0.2) is 0 Å². The van der Waals surface area contributed by atoms with Gasteiger partial charge in [0.05, 0.1) is 0 Å². The van der Waals surface area contributed by atoms with Crippen LogP contribution in [0, 0.1) is 0 Å². The Morgan fingerprint density at radius 3 is 2.50 bits per heavy atom. The third kappa shape index (κ3) is 3.80. The van der Waals surface area contributed by atoms with Crippen LogP contribution < -0.4 is 9.47 Å². The summed E-state index contributed by atoms with van der Waals surface area (Å²) in [7, 11) is 0. The summed E-state index contributed by atoms with van der Waals surface area (Å²) in [4.78, 5) is 0. The second-order valence-corrected chi connectivity index (χ2v) is 8.77. The first kappa shape index (κ1) is 18.6. The lowest BCUT2D eigenvalue weighted by atomic mass is 9.80. The monoisotopic (exact) mass is 350 g/mol. The number of ether oxygens (including phenoxy) is 2. The maximum atomic E-state index is 6.34. The molecule has 0 spiro atoms. The minimum atomic E-state index is -0.175. The number of rotatable bonds is 5. The Morgan fingerprint density at radius 1 is 1.19 bits per heavy atom. The molecule has 2 aromatic rings. The van der Waals surface area contributed by atoms with E-state index in [2.05, 4.69) is 59.4 Å². The summed E-state index contributed by atoms with van der Waals surface area (Å²) in [6, 6.07) is 12.5. The third-order valence-corrected chi connectivity index (χ3v) is 4.75. The summed E-state index contributed by atoms with van der Waals surface area (Å²) < 4.78 is 12.7. The van der Waals surface area contributed by atoms with Crippen LogP contribution in [0.1, 0.15) is 56.9 Å². The summed E-state index contributed by atoms with van der Waals surface area (Å²) >= 11 is 0. The van der Waals surface area contributed by atoms with E-state index in [1.165, 1.54) is 22.3 Å². The van der Waals surface area contributed by atoms with Crippen molar-refractivity contribution >= 4 is 0 Å². The van der Waals surface area contributed by atoms with Gasteiger partial charge in [-0.15, -0.1) is 6.58 Å². The molecule has 0 saturated heterocycles. The fourth-order valence-electron chi connectivity index (χ4n) is 3.79. The number of allylic oxidation sites excluding steroid dienone is 1. The lowest BCUT2D eigenvalue weighted by Gasteiger charge is -2.28. The summed E-state index contributed by atoms with van der Waals surface area (Å²) in [6.07, 6.45) is 3.65. The van der Waals surface area contributed by atoms with Crippen LogP contribution >= 0.6 is 0 Å². The highest BCUT2D eigenvalue weighted by Gasteiger charge is 2.36. The molecule has 0 bridgehead atoms. The SMILES string of the molecule is C=CCc1c2c(cc(OCc3ccccc3)c1C(C)(C)C)CC(C)(C)O2. The van der Waals surface area contributed by atoms with Crippen molar-refractivity contribution in [3.63, 3.8) is 0 Å². The predicted molar refractivity (Wildman–Crippen MR) is 108 cm³/mol. The highest BCUT2D eigenvalue weighted by Crippen LogP contribution is 2.47. The van der Waals surface area contributed by atoms with Gasteiger partial charge in [-0.2, -0.15) is 0 Å². The van der Waals surface area contributed by atoms with Crippen LogP contribution in [0.4, 0.5) is 0 Å². The normalized spacial score (nSPS) is 15.3. The quantitative estimate of drug-likeness (QED) is 0.615. The Morgan fingerprint density at radius 2 is 1.88 bits per heavy atom. The number of benzene rings is 2. The molecule has 0 fully saturated rings. The van der Waals surface area contributed by atoms with Crippen LogP contribution in [0.5, 0.6) is 11.5 Å². The van der Waals surface area contributed by atoms with Gasteiger partial charge in [0.2, 0.25) is 0 Å². The summed E-state index contributed by atoms with van der Waals surface area (Å²) in [6.45, 7) is 15.5. The van der Waals surface area contributed by atoms with Crippen molar-refractivity contribution in [2.24, 2.45) is 0 Å². The first-order valence-corrected chi connectivity index (χ1v) is 9.37. The second kappa shape index (κ2) is 6.83. The van der Waals surface area contributed by atoms with Crippen molar-refractivity contribution in [3.8, 4) is 11.5 Å². The Labute approximate surface area is 157 Å². The van der Waals surface area contributed by atoms with Crippen LogP contribution in [0.25, 0.3) is 0 Å². The zero-order chi connectivity index (χ0) is 18.9. The molecular formula is C24H30O2. The van der Waals surface area contributed by atoms with Gasteiger partial charge in [0, 0.05) is 23.1 Å². The molecule has 0 aliphatic carbocycles. The van der Waals surface area contributed by atoms with E-state index < -0.39 is 0 Å². The van der Waals surface area contributed by atoms with Crippen LogP contribution in [0.3, 0.4) is 0 Å². The molecule has 2 aromatic carbocycles. The molecule has 26 heavy (non-hydrogen) atoms. The van der Waals surface area contributed by atoms with Crippen LogP contribution in [-0.4, -0.2) is 5.60 Å². The summed E-state index contributed by atoms with van der Waals surface area (Å²) in [5, 5.41) is 0. The van der Waals surface area contributed by atoms with Crippen molar-refractivity contribution in [1.82, 2.24) is 0 Å². The molecule has 0 aromatic heterocycles. The minimum Gasteiger partial charge on any atom is -0.489 e. The van der Waals surface area contributed by atoms with Gasteiger partial charge in [-0.25, -0.2) is 0 Å². The van der Waals surface area contributed by atoms with E-state index in [1.807, 2.05) is 24.3 Å². The summed E-state index contributed by atoms with van der Waals surface area (Å²) in [5.41, 5.74) is 4.64. The van der Waals surface area contributed by atoms with E-state index >= 15 is 0 Å². The fourth-order valence-corrected chi connectivity index (χ4v) is 3.79. The molecule has 0 unspecified atom stereocenters. The molecular weight excluding hydrogens is 320 g/mol. The maximum absolute atomic E-state index is 6.34. The van der Waals surface area contributed by atoms with Crippen LogP contribution in [0.2, 0.25) is 0 Å². The van der Waals surface area contributed by atoms with Crippen molar-refractivity contribution in [3.05, 3.63) is 71.3 Å². The molecule has 0 N–H and O–H groups in total. The highest BCUT2D eigenvalue weighted by molar-refractivity contribution is 5.59. The first-order chi connectivity index (χ1) is 12.2. The number of hydrogen-bond acceptors (Lipinski definition) is 2. The van der Waals surface area contributed by atoms with E-state index in [9.17, 15) is 0 Å². The van der Waals surface area contributed by atoms with Gasteiger partial charge >= 0.3 is 0 Å². The molecule has 138 valence electrons. The average molecular weight is 351 g/mol. The first-order valence-electron chi connectivity index (χ1n) is 9.37. The van der Waals surface area contributed by atoms with Crippen molar-refractivity contribution in [2.75, 3.05) is 0 Å². The van der Waals surface area contributed by atoms with Gasteiger partial charge in [-0.05, 0) is 37.3 Å². The molecule has 1 aliphatic heterocycles. The Bertz CT molecular complexity index is 795. The van der Waals surface area contributed by atoms with E-state index in [0.29, 0.717) is 6.61 Å². The fraction of sp³-hybridized carbons (Fsp3) is 0.417. The van der Waals surface area contributed by atoms with E-state index in [-0.39, 0.29) is 11.0 Å². The van der Waals surface area contributed by atoms with Gasteiger partial charge < -0.3 is 9.47 Å². The van der Waals surface area contributed by atoms with Gasteiger partial charge in [-0.3, -0.25) is 0 Å². The molecule has 0 amide bonds. The largest absolute Gasteiger partial charge is 0.489 e. The molecule has 0 atom stereocenters. The Hall–Kier alpha value is -2.22. The molecule has 3 rings (SSSR count). The molecule has 0 radical (unpaired) electrons. The molecule has 1 heterocycles. The molecule has 2 heteroatoms. The highest BCUT2D eigenvalue weighted by atomic mass is 16.5. The average Bonchev–Trinajstić information content (AvgIpc) is 2.87. The topological polar surface area (TPSA) is 18.5 Å². The van der Waals surface area contributed by atoms with E-state index in [1.54, 1.807) is 0 Å². The van der Waals surface area contributed by atoms with E-state index in [0.717, 1.165) is 24.3 Å². The summed E-state index contributed by atoms with van der Waals surface area (Å²) in [5.74, 6) is 2.00. The maximum Gasteiger partial charge on any atom is 0.127 e. The number of hydrogen-bond donors (Lipinski definition) is 0. The molecule has 2 nitrogen and oxygen atoms in total. The Balaban J connectivity index is 2.08. The lowest BCUT2D eigenvalue weighted by Crippen LogP contribution is -2.25. The second-order valence-electron chi connectivity index (χ2n) is 8.77. The van der Waals surface area contributed by atoms with Gasteiger partial charge in [0.25, 0.3) is 0 Å². The Kier molecular flexibility index (Phi) is 4.88. The lowest BCUT2D eigenvalue weighted by molar-refractivity contribution is 0.137. The van der Waals surface area contributed by atoms with Gasteiger partial charge in [-0.1, -0.05) is 57.2 Å². The van der Waals surface area contributed by atoms with Crippen LogP contribution in [0.15, 0.2) is 49.1 Å². The standard InChI is InChI=1S/C24H30O2/c1-7-11-19-21(23(2,3)4)20(25-16-17-12-9-8-10-13-17)14-18-15-24(5,6)26-22(18)19/h7-10,12-14H,1,11,15-16H2,2-6H3. The number of fused-ring (bicyclic) bond motifs is 1. The molecule has 0 saturated carbocycles. The van der Waals surface area contributed by atoms with Gasteiger partial charge in [0.1, 0.15) is 23.7 Å². The van der Waals surface area contributed by atoms with Crippen LogP contribution in [-0.2, 0) is 24.9 Å². The zero-order valence-corrected chi connectivity index (χ0v) is 16.7. The molecule has 1 aliphatic rings. The van der Waals surface area contributed by atoms with Crippen molar-refractivity contribution < 1.29 is 9.47 Å². The smallest absolute Gasteiger partial charge is 0.127 e. The van der Waals surface area contributed by atoms with E-state index in [4.69, 9.17) is 9.47 Å². The van der Waals surface area contributed by atoms with Crippen molar-refractivity contribution in [2.45, 2.75) is 65.1 Å². The van der Waals surface area contributed by atoms with Crippen molar-refractivity contribution in [1.29, 1.82) is 0 Å². The zero-order valence-electron chi connectivity index (χ0n) is 16.7.